The average Bonchev–Trinajstić information content (AvgIpc) is 2.33. The topological polar surface area (TPSA) is 85.1 Å². The molecule has 6 heteroatoms. The molecule has 3 N–H and O–H groups in total. The van der Waals surface area contributed by atoms with Crippen molar-refractivity contribution in [2.45, 2.75) is 24.7 Å². The Morgan fingerprint density at radius 3 is 2.78 bits per heavy atom. The highest BCUT2D eigenvalue weighted by atomic mass is 32.2. The van der Waals surface area contributed by atoms with Crippen molar-refractivity contribution < 1.29 is 8.42 Å². The smallest absolute Gasteiger partial charge is 0.179 e. The van der Waals surface area contributed by atoms with E-state index < -0.39 is 9.84 Å². The Bertz CT molecular complexity index is 474. The summed E-state index contributed by atoms with van der Waals surface area (Å²) >= 11 is 0. The number of hydrogen-bond donors (Lipinski definition) is 2. The number of nitrogens with two attached hydrogens (primary N) is 1. The Hall–Kier alpha value is -1.14. The van der Waals surface area contributed by atoms with Crippen LogP contribution in [-0.2, 0) is 9.84 Å². The number of pyridine rings is 1. The largest absolute Gasteiger partial charge is 0.369 e. The predicted molar refractivity (Wildman–Crippen MR) is 73.3 cm³/mol. The lowest BCUT2D eigenvalue weighted by Gasteiger charge is -2.16. The number of nitrogens with one attached hydrogen (secondary N) is 1. The van der Waals surface area contributed by atoms with E-state index in [-0.39, 0.29) is 4.90 Å². The van der Waals surface area contributed by atoms with Crippen molar-refractivity contribution in [2.24, 2.45) is 11.7 Å². The van der Waals surface area contributed by atoms with Crippen LogP contribution in [0.15, 0.2) is 23.2 Å². The first kappa shape index (κ1) is 14.9. The molecule has 1 heterocycles. The molecule has 1 aromatic rings. The van der Waals surface area contributed by atoms with Gasteiger partial charge in [-0.1, -0.05) is 13.3 Å². The molecule has 0 aliphatic rings. The highest BCUT2D eigenvalue weighted by Crippen LogP contribution is 2.18. The Morgan fingerprint density at radius 1 is 1.50 bits per heavy atom. The minimum atomic E-state index is -3.25. The summed E-state index contributed by atoms with van der Waals surface area (Å²) in [5.74, 6) is 0.861. The Balaban J connectivity index is 2.79. The van der Waals surface area contributed by atoms with Crippen molar-refractivity contribution in [2.75, 3.05) is 24.7 Å². The third-order valence-electron chi connectivity index (χ3n) is 2.88. The number of nitrogens with zero attached hydrogens (tertiary/aromatic N) is 1. The van der Waals surface area contributed by atoms with E-state index in [1.807, 2.05) is 0 Å². The van der Waals surface area contributed by atoms with Gasteiger partial charge >= 0.3 is 0 Å². The molecular weight excluding hydrogens is 250 g/mol. The SMILES string of the molecule is CCC(CCN)CNc1ncccc1S(C)(=O)=O. The van der Waals surface area contributed by atoms with Crippen LogP contribution in [0.5, 0.6) is 0 Å². The van der Waals surface area contributed by atoms with Crippen molar-refractivity contribution in [3.63, 3.8) is 0 Å². The van der Waals surface area contributed by atoms with E-state index in [0.29, 0.717) is 24.8 Å². The summed E-state index contributed by atoms with van der Waals surface area (Å²) in [6, 6.07) is 3.19. The zero-order chi connectivity index (χ0) is 13.6. The van der Waals surface area contributed by atoms with Gasteiger partial charge in [-0.05, 0) is 31.0 Å². The van der Waals surface area contributed by atoms with Gasteiger partial charge in [-0.25, -0.2) is 13.4 Å². The number of rotatable bonds is 7. The molecule has 0 bridgehead atoms. The number of aromatic nitrogens is 1. The molecule has 1 rings (SSSR count). The number of hydrogen-bond acceptors (Lipinski definition) is 5. The summed E-state index contributed by atoms with van der Waals surface area (Å²) in [5.41, 5.74) is 5.53. The Kier molecular flexibility index (Phi) is 5.55. The Labute approximate surface area is 109 Å². The van der Waals surface area contributed by atoms with Gasteiger partial charge in [0, 0.05) is 19.0 Å². The molecule has 0 aromatic carbocycles. The maximum absolute atomic E-state index is 11.6. The molecule has 5 nitrogen and oxygen atoms in total. The summed E-state index contributed by atoms with van der Waals surface area (Å²) in [6.07, 6.45) is 4.70. The fourth-order valence-corrected chi connectivity index (χ4v) is 2.55. The molecule has 102 valence electrons. The summed E-state index contributed by atoms with van der Waals surface area (Å²) in [5, 5.41) is 3.11. The van der Waals surface area contributed by atoms with Gasteiger partial charge in [0.15, 0.2) is 9.84 Å². The highest BCUT2D eigenvalue weighted by molar-refractivity contribution is 7.90. The van der Waals surface area contributed by atoms with Gasteiger partial charge in [0.1, 0.15) is 10.7 Å². The standard InChI is InChI=1S/C12H21N3O2S/c1-3-10(6-7-13)9-15-12-11(18(2,16)17)5-4-8-14-12/h4-5,8,10H,3,6-7,9,13H2,1-2H3,(H,14,15). The van der Waals surface area contributed by atoms with E-state index in [9.17, 15) is 8.42 Å². The van der Waals surface area contributed by atoms with Crippen molar-refractivity contribution in [1.29, 1.82) is 0 Å². The molecule has 0 saturated carbocycles. The molecule has 1 unspecified atom stereocenters. The molecule has 0 spiro atoms. The quantitative estimate of drug-likeness (QED) is 0.780. The maximum atomic E-state index is 11.6. The minimum absolute atomic E-state index is 0.243. The monoisotopic (exact) mass is 271 g/mol. The van der Waals surface area contributed by atoms with Crippen LogP contribution in [0.3, 0.4) is 0 Å². The van der Waals surface area contributed by atoms with Crippen molar-refractivity contribution in [1.82, 2.24) is 4.98 Å². The normalized spacial score (nSPS) is 13.3. The highest BCUT2D eigenvalue weighted by Gasteiger charge is 2.14. The van der Waals surface area contributed by atoms with Crippen LogP contribution in [0.1, 0.15) is 19.8 Å². The molecule has 18 heavy (non-hydrogen) atoms. The first-order valence-corrected chi connectivity index (χ1v) is 7.97. The second-order valence-electron chi connectivity index (χ2n) is 4.35. The van der Waals surface area contributed by atoms with Gasteiger partial charge in [-0.15, -0.1) is 0 Å². The predicted octanol–water partition coefficient (Wildman–Crippen LogP) is 1.27. The first-order chi connectivity index (χ1) is 8.49. The molecule has 0 aliphatic heterocycles. The van der Waals surface area contributed by atoms with E-state index in [0.717, 1.165) is 12.8 Å². The van der Waals surface area contributed by atoms with Gasteiger partial charge in [0.2, 0.25) is 0 Å². The first-order valence-electron chi connectivity index (χ1n) is 6.08. The Morgan fingerprint density at radius 2 is 2.22 bits per heavy atom. The van der Waals surface area contributed by atoms with Crippen LogP contribution in [-0.4, -0.2) is 32.7 Å². The summed E-state index contributed by atoms with van der Waals surface area (Å²) < 4.78 is 23.2. The van der Waals surface area contributed by atoms with Crippen molar-refractivity contribution >= 4 is 15.7 Å². The van der Waals surface area contributed by atoms with Crippen LogP contribution in [0.25, 0.3) is 0 Å². The van der Waals surface area contributed by atoms with E-state index in [1.54, 1.807) is 18.3 Å². The van der Waals surface area contributed by atoms with Crippen LogP contribution in [0.2, 0.25) is 0 Å². The molecule has 0 radical (unpaired) electrons. The molecule has 1 atom stereocenters. The number of sulfone groups is 1. The van der Waals surface area contributed by atoms with Crippen LogP contribution in [0, 0.1) is 5.92 Å². The van der Waals surface area contributed by atoms with E-state index in [2.05, 4.69) is 17.2 Å². The fourth-order valence-electron chi connectivity index (χ4n) is 1.75. The van der Waals surface area contributed by atoms with Crippen LogP contribution in [0.4, 0.5) is 5.82 Å². The van der Waals surface area contributed by atoms with Gasteiger partial charge in [-0.2, -0.15) is 0 Å². The third kappa shape index (κ3) is 4.27. The van der Waals surface area contributed by atoms with Crippen molar-refractivity contribution in [3.05, 3.63) is 18.3 Å². The maximum Gasteiger partial charge on any atom is 0.179 e. The number of anilines is 1. The third-order valence-corrected chi connectivity index (χ3v) is 4.01. The lowest BCUT2D eigenvalue weighted by molar-refractivity contribution is 0.500. The molecule has 0 saturated heterocycles. The van der Waals surface area contributed by atoms with Crippen LogP contribution < -0.4 is 11.1 Å². The van der Waals surface area contributed by atoms with Gasteiger partial charge in [0.25, 0.3) is 0 Å². The van der Waals surface area contributed by atoms with Gasteiger partial charge < -0.3 is 11.1 Å². The van der Waals surface area contributed by atoms with E-state index >= 15 is 0 Å². The van der Waals surface area contributed by atoms with Crippen LogP contribution >= 0.6 is 0 Å². The van der Waals surface area contributed by atoms with E-state index in [1.165, 1.54) is 6.26 Å². The summed E-state index contributed by atoms with van der Waals surface area (Å²) in [7, 11) is -3.25. The molecule has 1 aromatic heterocycles. The average molecular weight is 271 g/mol. The minimum Gasteiger partial charge on any atom is -0.369 e. The van der Waals surface area contributed by atoms with E-state index in [4.69, 9.17) is 5.73 Å². The fraction of sp³-hybridized carbons (Fsp3) is 0.583. The van der Waals surface area contributed by atoms with Crippen molar-refractivity contribution in [3.8, 4) is 0 Å². The molecular formula is C12H21N3O2S. The lowest BCUT2D eigenvalue weighted by atomic mass is 10.0. The molecule has 0 amide bonds. The summed E-state index contributed by atoms with van der Waals surface area (Å²) in [6.45, 7) is 3.42. The second kappa shape index (κ2) is 6.70. The second-order valence-corrected chi connectivity index (χ2v) is 6.34. The zero-order valence-electron chi connectivity index (χ0n) is 10.9. The van der Waals surface area contributed by atoms with Gasteiger partial charge in [0.05, 0.1) is 0 Å². The lowest BCUT2D eigenvalue weighted by Crippen LogP contribution is -2.19. The molecule has 0 aliphatic carbocycles. The zero-order valence-corrected chi connectivity index (χ0v) is 11.7. The summed E-state index contributed by atoms with van der Waals surface area (Å²) in [4.78, 5) is 4.33. The van der Waals surface area contributed by atoms with Gasteiger partial charge in [-0.3, -0.25) is 0 Å². The molecule has 0 fully saturated rings.